The van der Waals surface area contributed by atoms with Crippen molar-refractivity contribution in [3.05, 3.63) is 46.8 Å². The van der Waals surface area contributed by atoms with Gasteiger partial charge in [0.05, 0.1) is 5.69 Å². The first-order valence-corrected chi connectivity index (χ1v) is 8.79. The van der Waals surface area contributed by atoms with Crippen molar-refractivity contribution in [3.8, 4) is 0 Å². The van der Waals surface area contributed by atoms with E-state index in [0.717, 1.165) is 35.6 Å². The van der Waals surface area contributed by atoms with Gasteiger partial charge in [0.1, 0.15) is 10.6 Å². The van der Waals surface area contributed by atoms with E-state index >= 15 is 0 Å². The lowest BCUT2D eigenvalue weighted by Gasteiger charge is -2.31. The largest absolute Gasteiger partial charge is 0.477 e. The smallest absolute Gasteiger partial charge is 0.352 e. The predicted molar refractivity (Wildman–Crippen MR) is 86.5 cm³/mol. The molecule has 2 aromatic rings. The van der Waals surface area contributed by atoms with E-state index in [4.69, 9.17) is 5.11 Å². The first kappa shape index (κ1) is 15.6. The molecule has 0 saturated carbocycles. The number of H-pyrrole nitrogens is 1. The number of carbonyl (C=O) groups is 1. The second-order valence-corrected chi connectivity index (χ2v) is 7.68. The number of benzene rings is 1. The fraction of sp³-hybridized carbons (Fsp3) is 0.312. The van der Waals surface area contributed by atoms with E-state index < -0.39 is 16.0 Å². The van der Waals surface area contributed by atoms with Crippen LogP contribution >= 0.6 is 0 Å². The van der Waals surface area contributed by atoms with Crippen LogP contribution in [0.1, 0.15) is 33.6 Å². The Morgan fingerprint density at radius 1 is 1.26 bits per heavy atom. The fourth-order valence-corrected chi connectivity index (χ4v) is 4.59. The number of nitrogens with one attached hydrogen (secondary N) is 1. The standard InChI is InChI=1S/C16H18N2O4S/c1-10-6-11(2)13-4-3-5-18(15(13)7-10)23(21,22)12-8-14(16(19)20)17-9-12/h6-9,17H,3-5H2,1-2H3,(H,19,20). The maximum absolute atomic E-state index is 12.9. The molecule has 0 saturated heterocycles. The highest BCUT2D eigenvalue weighted by atomic mass is 32.2. The molecule has 7 heteroatoms. The van der Waals surface area contributed by atoms with Gasteiger partial charge in [0, 0.05) is 12.7 Å². The van der Waals surface area contributed by atoms with Gasteiger partial charge < -0.3 is 10.1 Å². The molecule has 0 aliphatic carbocycles. The summed E-state index contributed by atoms with van der Waals surface area (Å²) >= 11 is 0. The number of hydrogen-bond donors (Lipinski definition) is 2. The Hall–Kier alpha value is -2.28. The van der Waals surface area contributed by atoms with Gasteiger partial charge >= 0.3 is 5.97 Å². The number of aromatic carboxylic acids is 1. The van der Waals surface area contributed by atoms with Crippen molar-refractivity contribution < 1.29 is 18.3 Å². The number of aromatic nitrogens is 1. The third-order valence-corrected chi connectivity index (χ3v) is 5.92. The van der Waals surface area contributed by atoms with Gasteiger partial charge in [0.2, 0.25) is 0 Å². The quantitative estimate of drug-likeness (QED) is 0.902. The monoisotopic (exact) mass is 334 g/mol. The van der Waals surface area contributed by atoms with Crippen LogP contribution in [0.25, 0.3) is 0 Å². The number of aromatic amines is 1. The summed E-state index contributed by atoms with van der Waals surface area (Å²) in [5, 5.41) is 8.97. The number of anilines is 1. The van der Waals surface area contributed by atoms with Crippen LogP contribution in [0.3, 0.4) is 0 Å². The van der Waals surface area contributed by atoms with Crippen molar-refractivity contribution >= 4 is 21.7 Å². The molecule has 0 fully saturated rings. The van der Waals surface area contributed by atoms with Crippen molar-refractivity contribution in [2.75, 3.05) is 10.8 Å². The summed E-state index contributed by atoms with van der Waals surface area (Å²) in [5.41, 5.74) is 3.69. The summed E-state index contributed by atoms with van der Waals surface area (Å²) in [7, 11) is -3.78. The molecule has 0 unspecified atom stereocenters. The van der Waals surface area contributed by atoms with E-state index in [2.05, 4.69) is 4.98 Å². The summed E-state index contributed by atoms with van der Waals surface area (Å²) in [6, 6.07) is 5.09. The maximum Gasteiger partial charge on any atom is 0.352 e. The molecule has 0 spiro atoms. The van der Waals surface area contributed by atoms with Crippen molar-refractivity contribution in [2.24, 2.45) is 0 Å². The van der Waals surface area contributed by atoms with E-state index in [-0.39, 0.29) is 10.6 Å². The highest BCUT2D eigenvalue weighted by Gasteiger charge is 2.31. The van der Waals surface area contributed by atoms with Gasteiger partial charge in [-0.3, -0.25) is 4.31 Å². The lowest BCUT2D eigenvalue weighted by Crippen LogP contribution is -2.35. The summed E-state index contributed by atoms with van der Waals surface area (Å²) in [4.78, 5) is 13.4. The number of hydrogen-bond acceptors (Lipinski definition) is 3. The number of aryl methyl sites for hydroxylation is 2. The normalized spacial score (nSPS) is 14.6. The van der Waals surface area contributed by atoms with E-state index in [1.807, 2.05) is 26.0 Å². The molecule has 0 bridgehead atoms. The van der Waals surface area contributed by atoms with Crippen LogP contribution in [0.4, 0.5) is 5.69 Å². The van der Waals surface area contributed by atoms with Crippen LogP contribution < -0.4 is 4.31 Å². The Morgan fingerprint density at radius 3 is 2.65 bits per heavy atom. The Bertz CT molecular complexity index is 883. The second kappa shape index (κ2) is 5.42. The van der Waals surface area contributed by atoms with Crippen LogP contribution in [0.15, 0.2) is 29.3 Å². The zero-order valence-electron chi connectivity index (χ0n) is 13.0. The van der Waals surface area contributed by atoms with Gasteiger partial charge in [-0.05, 0) is 55.5 Å². The van der Waals surface area contributed by atoms with Crippen LogP contribution in [-0.4, -0.2) is 31.0 Å². The predicted octanol–water partition coefficient (Wildman–Crippen LogP) is 2.47. The van der Waals surface area contributed by atoms with E-state index in [1.54, 1.807) is 0 Å². The zero-order valence-corrected chi connectivity index (χ0v) is 13.8. The molecule has 2 N–H and O–H groups in total. The zero-order chi connectivity index (χ0) is 16.8. The minimum atomic E-state index is -3.78. The minimum Gasteiger partial charge on any atom is -0.477 e. The number of nitrogens with zero attached hydrogens (tertiary/aromatic N) is 1. The molecule has 1 aromatic heterocycles. The molecule has 1 aliphatic rings. The van der Waals surface area contributed by atoms with Crippen molar-refractivity contribution in [1.82, 2.24) is 4.98 Å². The fourth-order valence-electron chi connectivity index (χ4n) is 3.07. The van der Waals surface area contributed by atoms with Gasteiger partial charge in [-0.2, -0.15) is 0 Å². The molecule has 0 atom stereocenters. The molecular weight excluding hydrogens is 316 g/mol. The first-order chi connectivity index (χ1) is 10.8. The van der Waals surface area contributed by atoms with Crippen LogP contribution in [0.2, 0.25) is 0 Å². The van der Waals surface area contributed by atoms with E-state index in [0.29, 0.717) is 12.2 Å². The molecular formula is C16H18N2O4S. The Kier molecular flexibility index (Phi) is 3.68. The molecule has 1 aromatic carbocycles. The molecule has 1 aliphatic heterocycles. The van der Waals surface area contributed by atoms with Crippen LogP contribution in [0.5, 0.6) is 0 Å². The van der Waals surface area contributed by atoms with E-state index in [1.165, 1.54) is 10.5 Å². The number of carboxylic acids is 1. The Balaban J connectivity index is 2.10. The summed E-state index contributed by atoms with van der Waals surface area (Å²) in [6.07, 6.45) is 2.82. The molecule has 6 nitrogen and oxygen atoms in total. The second-order valence-electron chi connectivity index (χ2n) is 5.81. The number of rotatable bonds is 3. The van der Waals surface area contributed by atoms with Crippen molar-refractivity contribution in [2.45, 2.75) is 31.6 Å². The van der Waals surface area contributed by atoms with Crippen molar-refractivity contribution in [3.63, 3.8) is 0 Å². The number of sulfonamides is 1. The highest BCUT2D eigenvalue weighted by Crippen LogP contribution is 2.34. The Labute approximate surface area is 134 Å². The molecule has 122 valence electrons. The molecule has 23 heavy (non-hydrogen) atoms. The van der Waals surface area contributed by atoms with Gasteiger partial charge in [-0.1, -0.05) is 6.07 Å². The first-order valence-electron chi connectivity index (χ1n) is 7.35. The molecule has 3 rings (SSSR count). The van der Waals surface area contributed by atoms with Gasteiger partial charge in [-0.25, -0.2) is 13.2 Å². The molecule has 0 amide bonds. The maximum atomic E-state index is 12.9. The number of carboxylic acid groups (broad SMARTS) is 1. The molecule has 0 radical (unpaired) electrons. The molecule has 2 heterocycles. The number of fused-ring (bicyclic) bond motifs is 1. The van der Waals surface area contributed by atoms with Crippen molar-refractivity contribution in [1.29, 1.82) is 0 Å². The van der Waals surface area contributed by atoms with Crippen LogP contribution in [-0.2, 0) is 16.4 Å². The summed E-state index contributed by atoms with van der Waals surface area (Å²) < 4.78 is 27.2. The van der Waals surface area contributed by atoms with Gasteiger partial charge in [-0.15, -0.1) is 0 Å². The van der Waals surface area contributed by atoms with E-state index in [9.17, 15) is 13.2 Å². The average molecular weight is 334 g/mol. The van der Waals surface area contributed by atoms with Crippen LogP contribution in [0, 0.1) is 13.8 Å². The topological polar surface area (TPSA) is 90.5 Å². The summed E-state index contributed by atoms with van der Waals surface area (Å²) in [5.74, 6) is -1.18. The third-order valence-electron chi connectivity index (χ3n) is 4.13. The average Bonchev–Trinajstić information content (AvgIpc) is 2.97. The summed E-state index contributed by atoms with van der Waals surface area (Å²) in [6.45, 7) is 4.32. The third kappa shape index (κ3) is 2.61. The van der Waals surface area contributed by atoms with Gasteiger partial charge in [0.15, 0.2) is 0 Å². The lowest BCUT2D eigenvalue weighted by atomic mass is 9.96. The highest BCUT2D eigenvalue weighted by molar-refractivity contribution is 7.92. The van der Waals surface area contributed by atoms with Gasteiger partial charge in [0.25, 0.3) is 10.0 Å². The minimum absolute atomic E-state index is 0.0260. The lowest BCUT2D eigenvalue weighted by molar-refractivity contribution is 0.0691. The SMILES string of the molecule is Cc1cc(C)c2c(c1)N(S(=O)(=O)c1c[nH]c(C(=O)O)c1)CCC2. The Morgan fingerprint density at radius 2 is 2.00 bits per heavy atom.